The maximum absolute atomic E-state index is 5.89. The van der Waals surface area contributed by atoms with E-state index < -0.39 is 0 Å². The first-order valence-electron chi connectivity index (χ1n) is 12.1. The van der Waals surface area contributed by atoms with Crippen molar-refractivity contribution < 1.29 is 4.84 Å². The lowest BCUT2D eigenvalue weighted by molar-refractivity contribution is 0.0732. The molecule has 170 valence electrons. The van der Waals surface area contributed by atoms with Gasteiger partial charge in [-0.1, -0.05) is 48.7 Å². The van der Waals surface area contributed by atoms with Crippen molar-refractivity contribution in [2.75, 3.05) is 13.1 Å². The van der Waals surface area contributed by atoms with Crippen LogP contribution >= 0.6 is 0 Å². The minimum absolute atomic E-state index is 0.360. The molecule has 2 aromatic heterocycles. The van der Waals surface area contributed by atoms with Crippen LogP contribution in [0.15, 0.2) is 60.1 Å². The van der Waals surface area contributed by atoms with E-state index in [9.17, 15) is 0 Å². The van der Waals surface area contributed by atoms with Crippen LogP contribution in [-0.4, -0.2) is 38.6 Å². The molecular weight excluding hydrogens is 412 g/mol. The Morgan fingerprint density at radius 3 is 2.42 bits per heavy atom. The van der Waals surface area contributed by atoms with Crippen molar-refractivity contribution in [3.63, 3.8) is 0 Å². The van der Waals surface area contributed by atoms with Gasteiger partial charge >= 0.3 is 0 Å². The first-order valence-corrected chi connectivity index (χ1v) is 12.1. The normalized spacial score (nSPS) is 21.2. The highest BCUT2D eigenvalue weighted by atomic mass is 16.7. The molecule has 6 rings (SSSR count). The summed E-state index contributed by atoms with van der Waals surface area (Å²) in [6.07, 6.45) is 12.7. The van der Waals surface area contributed by atoms with Crippen LogP contribution in [0.5, 0.6) is 0 Å². The topological polar surface area (TPSA) is 67.6 Å². The molecule has 3 aromatic rings. The largest absolute Gasteiger partial charge is 0.363 e. The predicted octanol–water partition coefficient (Wildman–Crippen LogP) is 4.64. The van der Waals surface area contributed by atoms with E-state index in [0.29, 0.717) is 6.04 Å². The van der Waals surface area contributed by atoms with Crippen molar-refractivity contribution in [1.82, 2.24) is 25.0 Å². The molecule has 1 saturated carbocycles. The number of rotatable bonds is 6. The lowest BCUT2D eigenvalue weighted by Gasteiger charge is -2.30. The molecule has 1 atom stereocenters. The molecular formula is C26H30N6O. The molecule has 2 fully saturated rings. The molecule has 1 N–H and O–H groups in total. The number of hydrogen-bond donors (Lipinski definition) is 1. The molecule has 1 aliphatic carbocycles. The van der Waals surface area contributed by atoms with Crippen LogP contribution in [0, 0.1) is 0 Å². The SMILES string of the molecule is c1cc(-c2c(C3NC(c4ccc(CN5CCC5)cc4)=NO3)cnn2C2CCCCC2)ccn1. The van der Waals surface area contributed by atoms with Crippen molar-refractivity contribution in [3.05, 3.63) is 71.7 Å². The Balaban J connectivity index is 1.23. The molecule has 3 aliphatic rings. The highest BCUT2D eigenvalue weighted by Gasteiger charge is 2.30. The molecule has 1 unspecified atom stereocenters. The number of oxime groups is 1. The van der Waals surface area contributed by atoms with Crippen LogP contribution in [0.4, 0.5) is 0 Å². The molecule has 4 heterocycles. The summed E-state index contributed by atoms with van der Waals surface area (Å²) >= 11 is 0. The van der Waals surface area contributed by atoms with Crippen molar-refractivity contribution in [2.24, 2.45) is 5.16 Å². The summed E-state index contributed by atoms with van der Waals surface area (Å²) in [5.74, 6) is 0.765. The fourth-order valence-corrected chi connectivity index (χ4v) is 5.10. The van der Waals surface area contributed by atoms with Gasteiger partial charge in [0.25, 0.3) is 0 Å². The number of amidine groups is 1. The quantitative estimate of drug-likeness (QED) is 0.603. The van der Waals surface area contributed by atoms with E-state index in [2.05, 4.69) is 49.3 Å². The second kappa shape index (κ2) is 8.98. The summed E-state index contributed by atoms with van der Waals surface area (Å²) in [4.78, 5) is 12.6. The molecule has 1 aromatic carbocycles. The summed E-state index contributed by atoms with van der Waals surface area (Å²) in [5.41, 5.74) is 5.60. The lowest BCUT2D eigenvalue weighted by atomic mass is 9.95. The average molecular weight is 443 g/mol. The molecule has 1 saturated heterocycles. The zero-order valence-electron chi connectivity index (χ0n) is 18.9. The van der Waals surface area contributed by atoms with E-state index in [1.807, 2.05) is 30.7 Å². The second-order valence-corrected chi connectivity index (χ2v) is 9.32. The van der Waals surface area contributed by atoms with Crippen molar-refractivity contribution >= 4 is 5.84 Å². The fourth-order valence-electron chi connectivity index (χ4n) is 5.10. The third-order valence-electron chi connectivity index (χ3n) is 7.08. The Bertz CT molecular complexity index is 1110. The lowest BCUT2D eigenvalue weighted by Crippen LogP contribution is -2.36. The third-order valence-corrected chi connectivity index (χ3v) is 7.08. The van der Waals surface area contributed by atoms with E-state index in [0.717, 1.165) is 34.8 Å². The van der Waals surface area contributed by atoms with Gasteiger partial charge in [-0.3, -0.25) is 14.6 Å². The number of likely N-dealkylation sites (tertiary alicyclic amines) is 1. The zero-order valence-corrected chi connectivity index (χ0v) is 18.9. The summed E-state index contributed by atoms with van der Waals surface area (Å²) < 4.78 is 2.21. The van der Waals surface area contributed by atoms with Crippen LogP contribution in [0.2, 0.25) is 0 Å². The Labute approximate surface area is 194 Å². The first-order chi connectivity index (χ1) is 16.3. The van der Waals surface area contributed by atoms with E-state index in [1.165, 1.54) is 57.2 Å². The Kier molecular flexibility index (Phi) is 5.56. The summed E-state index contributed by atoms with van der Waals surface area (Å²) in [7, 11) is 0. The third kappa shape index (κ3) is 4.13. The van der Waals surface area contributed by atoms with Gasteiger partial charge in [0.05, 0.1) is 23.5 Å². The zero-order chi connectivity index (χ0) is 22.0. The Hall–Kier alpha value is -3.19. The highest BCUT2D eigenvalue weighted by Crippen LogP contribution is 2.37. The van der Waals surface area contributed by atoms with Crippen LogP contribution in [0.25, 0.3) is 11.3 Å². The second-order valence-electron chi connectivity index (χ2n) is 9.32. The van der Waals surface area contributed by atoms with Gasteiger partial charge < -0.3 is 10.2 Å². The number of nitrogens with zero attached hydrogens (tertiary/aromatic N) is 5. The Morgan fingerprint density at radius 2 is 1.70 bits per heavy atom. The summed E-state index contributed by atoms with van der Waals surface area (Å²) in [6.45, 7) is 3.44. The van der Waals surface area contributed by atoms with Crippen LogP contribution in [0.1, 0.15) is 67.5 Å². The molecule has 0 bridgehead atoms. The van der Waals surface area contributed by atoms with Crippen molar-refractivity contribution in [1.29, 1.82) is 0 Å². The predicted molar refractivity (Wildman–Crippen MR) is 127 cm³/mol. The fraction of sp³-hybridized carbons (Fsp3) is 0.423. The van der Waals surface area contributed by atoms with Crippen LogP contribution in [-0.2, 0) is 11.4 Å². The Morgan fingerprint density at radius 1 is 0.909 bits per heavy atom. The molecule has 33 heavy (non-hydrogen) atoms. The van der Waals surface area contributed by atoms with Gasteiger partial charge in [0.15, 0.2) is 5.84 Å². The number of hydrogen-bond acceptors (Lipinski definition) is 6. The summed E-state index contributed by atoms with van der Waals surface area (Å²) in [5, 5.41) is 12.7. The van der Waals surface area contributed by atoms with E-state index in [4.69, 9.17) is 9.94 Å². The van der Waals surface area contributed by atoms with E-state index >= 15 is 0 Å². The molecule has 7 nitrogen and oxygen atoms in total. The van der Waals surface area contributed by atoms with Gasteiger partial charge in [-0.15, -0.1) is 0 Å². The molecule has 7 heteroatoms. The van der Waals surface area contributed by atoms with Gasteiger partial charge in [-0.25, -0.2) is 0 Å². The maximum Gasteiger partial charge on any atom is 0.228 e. The van der Waals surface area contributed by atoms with Crippen molar-refractivity contribution in [2.45, 2.75) is 57.3 Å². The monoisotopic (exact) mass is 442 g/mol. The molecule has 0 spiro atoms. The summed E-state index contributed by atoms with van der Waals surface area (Å²) in [6, 6.07) is 13.2. The number of nitrogens with one attached hydrogen (secondary N) is 1. The molecule has 0 amide bonds. The first kappa shape index (κ1) is 20.4. The number of aromatic nitrogens is 3. The standard InChI is InChI=1S/C26H30N6O/c1-2-5-22(6-3-1)32-24(20-11-13-27-14-12-20)23(17-28-32)26-29-25(30-33-26)21-9-7-19(8-10-21)18-31-15-4-16-31/h7-14,17,22,26H,1-6,15-16,18H2,(H,29,30). The van der Waals surface area contributed by atoms with E-state index in [1.54, 1.807) is 0 Å². The van der Waals surface area contributed by atoms with E-state index in [-0.39, 0.29) is 6.23 Å². The average Bonchev–Trinajstić information content (AvgIpc) is 3.50. The minimum atomic E-state index is -0.360. The van der Waals surface area contributed by atoms with Crippen LogP contribution in [0.3, 0.4) is 0 Å². The number of benzene rings is 1. The molecule has 2 aliphatic heterocycles. The number of pyridine rings is 1. The highest BCUT2D eigenvalue weighted by molar-refractivity contribution is 5.99. The van der Waals surface area contributed by atoms with Crippen LogP contribution < -0.4 is 5.32 Å². The van der Waals surface area contributed by atoms with Gasteiger partial charge in [0, 0.05) is 30.1 Å². The van der Waals surface area contributed by atoms with Crippen molar-refractivity contribution in [3.8, 4) is 11.3 Å². The van der Waals surface area contributed by atoms with Gasteiger partial charge in [0.2, 0.25) is 6.23 Å². The van der Waals surface area contributed by atoms with Gasteiger partial charge in [-0.05, 0) is 50.0 Å². The van der Waals surface area contributed by atoms with Gasteiger partial charge in [-0.2, -0.15) is 5.10 Å². The van der Waals surface area contributed by atoms with Gasteiger partial charge in [0.1, 0.15) is 0 Å². The minimum Gasteiger partial charge on any atom is -0.363 e. The molecule has 0 radical (unpaired) electrons. The smallest absolute Gasteiger partial charge is 0.228 e. The maximum atomic E-state index is 5.89.